The molecule has 0 aliphatic heterocycles. The summed E-state index contributed by atoms with van der Waals surface area (Å²) in [5, 5.41) is 3.28. The summed E-state index contributed by atoms with van der Waals surface area (Å²) in [5.41, 5.74) is 2.00. The lowest BCUT2D eigenvalue weighted by molar-refractivity contribution is 0.0563. The van der Waals surface area contributed by atoms with Crippen molar-refractivity contribution in [1.29, 1.82) is 0 Å². The van der Waals surface area contributed by atoms with Crippen LogP contribution in [0.25, 0.3) is 0 Å². The van der Waals surface area contributed by atoms with E-state index in [2.05, 4.69) is 16.1 Å². The van der Waals surface area contributed by atoms with Crippen LogP contribution in [0.4, 0.5) is 0 Å². The molecule has 21 heavy (non-hydrogen) atoms. The van der Waals surface area contributed by atoms with Crippen LogP contribution in [0.15, 0.2) is 41.0 Å². The van der Waals surface area contributed by atoms with Gasteiger partial charge in [0.2, 0.25) is 5.76 Å². The molecule has 5 nitrogen and oxygen atoms in total. The molecule has 0 atom stereocenters. The number of ether oxygens (including phenoxy) is 2. The highest BCUT2D eigenvalue weighted by Crippen LogP contribution is 2.13. The molecule has 1 aromatic heterocycles. The van der Waals surface area contributed by atoms with Gasteiger partial charge < -0.3 is 19.2 Å². The predicted octanol–water partition coefficient (Wildman–Crippen LogP) is 2.41. The summed E-state index contributed by atoms with van der Waals surface area (Å²) in [6, 6.07) is 9.73. The standard InChI is InChI=1S/C16H19NO4/c1-19-14-5-3-4-12(10-14)6-8-17-11-13-7-9-21-15(13)16(18)20-2/h3-5,7,9-10,17H,6,8,11H2,1-2H3. The Balaban J connectivity index is 1.82. The van der Waals surface area contributed by atoms with Gasteiger partial charge in [-0.15, -0.1) is 0 Å². The van der Waals surface area contributed by atoms with E-state index in [0.29, 0.717) is 6.54 Å². The predicted molar refractivity (Wildman–Crippen MR) is 78.5 cm³/mol. The number of furan rings is 1. The molecule has 0 amide bonds. The minimum absolute atomic E-state index is 0.256. The fraction of sp³-hybridized carbons (Fsp3) is 0.312. The first-order chi connectivity index (χ1) is 10.2. The van der Waals surface area contributed by atoms with E-state index in [1.54, 1.807) is 13.2 Å². The van der Waals surface area contributed by atoms with Gasteiger partial charge in [0.05, 0.1) is 20.5 Å². The summed E-state index contributed by atoms with van der Waals surface area (Å²) in [6.07, 6.45) is 2.37. The Morgan fingerprint density at radius 1 is 1.29 bits per heavy atom. The molecule has 1 aromatic carbocycles. The molecule has 0 saturated heterocycles. The molecule has 1 heterocycles. The second-order valence-corrected chi connectivity index (χ2v) is 4.54. The van der Waals surface area contributed by atoms with E-state index in [1.165, 1.54) is 18.9 Å². The average Bonchev–Trinajstić information content (AvgIpc) is 2.99. The number of hydrogen-bond acceptors (Lipinski definition) is 5. The van der Waals surface area contributed by atoms with Crippen LogP contribution in [0.2, 0.25) is 0 Å². The lowest BCUT2D eigenvalue weighted by atomic mass is 10.1. The van der Waals surface area contributed by atoms with Gasteiger partial charge in [-0.3, -0.25) is 0 Å². The van der Waals surface area contributed by atoms with Crippen molar-refractivity contribution in [3.8, 4) is 5.75 Å². The van der Waals surface area contributed by atoms with Gasteiger partial charge in [-0.05, 0) is 36.7 Å². The minimum Gasteiger partial charge on any atom is -0.497 e. The van der Waals surface area contributed by atoms with Crippen LogP contribution in [0.5, 0.6) is 5.75 Å². The number of carbonyl (C=O) groups is 1. The van der Waals surface area contributed by atoms with E-state index in [0.717, 1.165) is 24.3 Å². The molecule has 2 rings (SSSR count). The molecule has 5 heteroatoms. The maximum Gasteiger partial charge on any atom is 0.374 e. The monoisotopic (exact) mass is 289 g/mol. The molecule has 0 aliphatic carbocycles. The van der Waals surface area contributed by atoms with Gasteiger partial charge in [0.1, 0.15) is 5.75 Å². The van der Waals surface area contributed by atoms with Crippen molar-refractivity contribution in [1.82, 2.24) is 5.32 Å². The van der Waals surface area contributed by atoms with Gasteiger partial charge in [0, 0.05) is 12.1 Å². The summed E-state index contributed by atoms with van der Waals surface area (Å²) in [5.74, 6) is 0.659. The quantitative estimate of drug-likeness (QED) is 0.626. The van der Waals surface area contributed by atoms with Crippen LogP contribution in [-0.2, 0) is 17.7 Å². The lowest BCUT2D eigenvalue weighted by Crippen LogP contribution is -2.18. The van der Waals surface area contributed by atoms with Crippen molar-refractivity contribution in [2.45, 2.75) is 13.0 Å². The first-order valence-corrected chi connectivity index (χ1v) is 6.73. The van der Waals surface area contributed by atoms with E-state index in [9.17, 15) is 4.79 Å². The van der Waals surface area contributed by atoms with E-state index in [-0.39, 0.29) is 5.76 Å². The number of esters is 1. The van der Waals surface area contributed by atoms with Gasteiger partial charge in [-0.25, -0.2) is 4.79 Å². The van der Waals surface area contributed by atoms with Crippen LogP contribution >= 0.6 is 0 Å². The zero-order valence-corrected chi connectivity index (χ0v) is 12.2. The second-order valence-electron chi connectivity index (χ2n) is 4.54. The lowest BCUT2D eigenvalue weighted by Gasteiger charge is -2.06. The number of methoxy groups -OCH3 is 2. The van der Waals surface area contributed by atoms with Crippen LogP contribution in [0.1, 0.15) is 21.7 Å². The third-order valence-electron chi connectivity index (χ3n) is 3.16. The Morgan fingerprint density at radius 2 is 2.14 bits per heavy atom. The molecule has 0 fully saturated rings. The number of carbonyl (C=O) groups excluding carboxylic acids is 1. The topological polar surface area (TPSA) is 60.7 Å². The van der Waals surface area contributed by atoms with E-state index < -0.39 is 5.97 Å². The largest absolute Gasteiger partial charge is 0.497 e. The van der Waals surface area contributed by atoms with Crippen LogP contribution < -0.4 is 10.1 Å². The van der Waals surface area contributed by atoms with Gasteiger partial charge in [0.15, 0.2) is 0 Å². The van der Waals surface area contributed by atoms with Crippen molar-refractivity contribution in [3.05, 3.63) is 53.5 Å². The van der Waals surface area contributed by atoms with Crippen LogP contribution in [0, 0.1) is 0 Å². The number of rotatable bonds is 7. The van der Waals surface area contributed by atoms with E-state index in [1.807, 2.05) is 18.2 Å². The Bertz CT molecular complexity index is 591. The molecule has 0 bridgehead atoms. The first-order valence-electron chi connectivity index (χ1n) is 6.73. The average molecular weight is 289 g/mol. The van der Waals surface area contributed by atoms with E-state index >= 15 is 0 Å². The fourth-order valence-corrected chi connectivity index (χ4v) is 2.03. The maximum absolute atomic E-state index is 11.5. The van der Waals surface area contributed by atoms with Crippen molar-refractivity contribution < 1.29 is 18.7 Å². The molecule has 0 unspecified atom stereocenters. The normalized spacial score (nSPS) is 10.4. The SMILES string of the molecule is COC(=O)c1occc1CNCCc1cccc(OC)c1. The zero-order chi connectivity index (χ0) is 15.1. The summed E-state index contributed by atoms with van der Waals surface area (Å²) in [7, 11) is 3.00. The molecule has 0 saturated carbocycles. The summed E-state index contributed by atoms with van der Waals surface area (Å²) in [6.45, 7) is 1.35. The zero-order valence-electron chi connectivity index (χ0n) is 12.2. The molecule has 2 aromatic rings. The number of nitrogens with one attached hydrogen (secondary N) is 1. The molecule has 0 radical (unpaired) electrons. The van der Waals surface area contributed by atoms with E-state index in [4.69, 9.17) is 9.15 Å². The summed E-state index contributed by atoms with van der Waals surface area (Å²) in [4.78, 5) is 11.5. The molecule has 0 aliphatic rings. The summed E-state index contributed by atoms with van der Waals surface area (Å²) >= 11 is 0. The van der Waals surface area contributed by atoms with Crippen molar-refractivity contribution >= 4 is 5.97 Å². The van der Waals surface area contributed by atoms with Gasteiger partial charge in [-0.2, -0.15) is 0 Å². The maximum atomic E-state index is 11.5. The molecule has 0 spiro atoms. The van der Waals surface area contributed by atoms with Crippen LogP contribution in [0.3, 0.4) is 0 Å². The van der Waals surface area contributed by atoms with Gasteiger partial charge in [0.25, 0.3) is 0 Å². The van der Waals surface area contributed by atoms with Crippen molar-refractivity contribution in [3.63, 3.8) is 0 Å². The highest BCUT2D eigenvalue weighted by molar-refractivity contribution is 5.87. The third kappa shape index (κ3) is 4.10. The summed E-state index contributed by atoms with van der Waals surface area (Å²) < 4.78 is 15.0. The highest BCUT2D eigenvalue weighted by atomic mass is 16.5. The molecular weight excluding hydrogens is 270 g/mol. The Hall–Kier alpha value is -2.27. The third-order valence-corrected chi connectivity index (χ3v) is 3.16. The molecule has 112 valence electrons. The minimum atomic E-state index is -0.454. The first kappa shape index (κ1) is 15.1. The van der Waals surface area contributed by atoms with Gasteiger partial charge in [-0.1, -0.05) is 12.1 Å². The molecule has 1 N–H and O–H groups in total. The Kier molecular flexibility index (Phi) is 5.40. The number of benzene rings is 1. The van der Waals surface area contributed by atoms with Gasteiger partial charge >= 0.3 is 5.97 Å². The van der Waals surface area contributed by atoms with Crippen molar-refractivity contribution in [2.24, 2.45) is 0 Å². The smallest absolute Gasteiger partial charge is 0.374 e. The Labute approximate surface area is 123 Å². The fourth-order valence-electron chi connectivity index (χ4n) is 2.03. The molecular formula is C16H19NO4. The van der Waals surface area contributed by atoms with Crippen molar-refractivity contribution in [2.75, 3.05) is 20.8 Å². The van der Waals surface area contributed by atoms with Crippen LogP contribution in [-0.4, -0.2) is 26.7 Å². The highest BCUT2D eigenvalue weighted by Gasteiger charge is 2.14. The Morgan fingerprint density at radius 3 is 2.90 bits per heavy atom. The number of hydrogen-bond donors (Lipinski definition) is 1. The second kappa shape index (κ2) is 7.50.